The van der Waals surface area contributed by atoms with Gasteiger partial charge in [0.25, 0.3) is 0 Å². The van der Waals surface area contributed by atoms with Crippen LogP contribution >= 0.6 is 0 Å². The molecule has 10 rings (SSSR count). The van der Waals surface area contributed by atoms with Crippen LogP contribution in [0.1, 0.15) is 56.1 Å². The Hall–Kier alpha value is -13.9. The summed E-state index contributed by atoms with van der Waals surface area (Å²) in [5.74, 6) is -1.09. The van der Waals surface area contributed by atoms with Crippen molar-refractivity contribution >= 4 is 70.7 Å². The summed E-state index contributed by atoms with van der Waals surface area (Å²) >= 11 is 0. The van der Waals surface area contributed by atoms with Crippen molar-refractivity contribution in [1.29, 1.82) is 0 Å². The molecule has 0 bridgehead atoms. The number of fused-ring (bicyclic) bond motifs is 1. The van der Waals surface area contributed by atoms with E-state index in [0.29, 0.717) is 68.3 Å². The maximum atomic E-state index is 12.1. The molecule has 0 fully saturated rings. The second kappa shape index (κ2) is 37.5. The summed E-state index contributed by atoms with van der Waals surface area (Å²) in [7, 11) is 0. The van der Waals surface area contributed by atoms with Crippen molar-refractivity contribution in [3.05, 3.63) is 339 Å². The molecule has 1 unspecified atom stereocenters. The lowest BCUT2D eigenvalue weighted by Crippen LogP contribution is -2.08. The van der Waals surface area contributed by atoms with Gasteiger partial charge in [-0.1, -0.05) is 167 Å². The summed E-state index contributed by atoms with van der Waals surface area (Å²) in [6.07, 6.45) is 7.40. The zero-order chi connectivity index (χ0) is 75.5. The van der Waals surface area contributed by atoms with Crippen LogP contribution in [0.5, 0.6) is 46.0 Å². The van der Waals surface area contributed by atoms with Crippen LogP contribution < -0.4 is 37.9 Å². The zero-order valence-electron chi connectivity index (χ0n) is 57.6. The molecule has 0 spiro atoms. The van der Waals surface area contributed by atoms with Crippen LogP contribution in [-0.4, -0.2) is 53.0 Å². The average molecular weight is 1400 g/mol. The number of rotatable bonds is 24. The van der Waals surface area contributed by atoms with Gasteiger partial charge in [0.05, 0.1) is 0 Å². The summed E-state index contributed by atoms with van der Waals surface area (Å²) < 4.78 is 41.3. The van der Waals surface area contributed by atoms with E-state index in [4.69, 9.17) is 42.8 Å². The molecule has 1 atom stereocenters. The fourth-order valence-corrected chi connectivity index (χ4v) is 9.22. The van der Waals surface area contributed by atoms with Crippen molar-refractivity contribution < 1.29 is 86.4 Å². The van der Waals surface area contributed by atoms with Crippen LogP contribution in [0.2, 0.25) is 0 Å². The third-order valence-electron chi connectivity index (χ3n) is 14.8. The number of hydrogen-bond donors (Lipinski definition) is 1. The second-order valence-electron chi connectivity index (χ2n) is 23.1. The third kappa shape index (κ3) is 23.6. The molecule has 0 heterocycles. The normalized spacial score (nSPS) is 10.8. The van der Waals surface area contributed by atoms with E-state index < -0.39 is 53.9 Å². The Balaban J connectivity index is 0.000000199. The fraction of sp³-hybridized carbons (Fsp3) is 0.0575. The van der Waals surface area contributed by atoms with Crippen molar-refractivity contribution in [2.75, 3.05) is 0 Å². The largest absolute Gasteiger partial charge is 0.423 e. The molecule has 526 valence electrons. The Morgan fingerprint density at radius 1 is 0.295 bits per heavy atom. The SMILES string of the molecule is C=C(C)C(=O)Oc1ccc(C(OO)c2ccc(-c3ccc4cc(OC(=O)C(=C)C)ccc4c3)cc2)cc1.C=C(C)C(=O)Oc1ccc(OC(=O)/C=C/c2ccc(-c3ccc(OC(=O)C(=C)C)cc3)cc2)cc1.C=CC(=O)Oc1ccc(OC(=O)/C=C/c2ccc(-c3ccc(OC(=O)C=C)cc3)cc2)cc1. The standard InChI is InChI=1S/C31H26O6.C29H24O6.C27H20O6/c1-19(2)30(32)35-27-14-11-23(12-15-27)29(37-34)22-7-5-21(6-8-22)24-9-10-26-18-28(16-13-25(26)17-24)36-31(33)20(3)4;1-19(2)28(31)34-25-12-10-23(11-13-25)22-8-5-21(6-9-22)7-18-27(30)33-24-14-16-26(17-15-24)35-29(32)20(3)4;1-3-25(28)31-22-12-10-21(11-13-22)20-8-5-19(6-9-20)7-18-27(30)33-24-16-14-23(15-17-24)32-26(29)4-2/h5-18,29,34H,1,3H2,2,4H3;5-18H,1,3H2,2,4H3;3-18H,1-2H2/b;2*18-7+. The first-order valence-corrected chi connectivity index (χ1v) is 32.1. The van der Waals surface area contributed by atoms with E-state index in [9.17, 15) is 43.6 Å². The zero-order valence-corrected chi connectivity index (χ0v) is 57.6. The molecule has 10 aromatic carbocycles. The van der Waals surface area contributed by atoms with Gasteiger partial charge in [-0.25, -0.2) is 43.2 Å². The smallest absolute Gasteiger partial charge is 0.338 e. The lowest BCUT2D eigenvalue weighted by molar-refractivity contribution is -0.270. The fourth-order valence-electron chi connectivity index (χ4n) is 9.22. The van der Waals surface area contributed by atoms with Gasteiger partial charge < -0.3 is 37.9 Å². The van der Waals surface area contributed by atoms with E-state index in [1.165, 1.54) is 60.7 Å². The molecule has 0 aliphatic heterocycles. The van der Waals surface area contributed by atoms with Crippen LogP contribution in [0.4, 0.5) is 0 Å². The number of esters is 8. The Labute approximate surface area is 606 Å². The first-order valence-electron chi connectivity index (χ1n) is 32.1. The number of benzene rings is 10. The van der Waals surface area contributed by atoms with Gasteiger partial charge in [0.1, 0.15) is 52.1 Å². The topological polar surface area (TPSA) is 240 Å². The van der Waals surface area contributed by atoms with Gasteiger partial charge in [0.2, 0.25) is 0 Å². The summed E-state index contributed by atoms with van der Waals surface area (Å²) in [4.78, 5) is 98.0. The molecule has 0 aliphatic rings. The minimum Gasteiger partial charge on any atom is -0.423 e. The molecule has 18 heteroatoms. The van der Waals surface area contributed by atoms with Crippen LogP contribution in [0.3, 0.4) is 0 Å². The molecular formula is C87H70O18. The number of ether oxygens (including phenoxy) is 8. The highest BCUT2D eigenvalue weighted by atomic mass is 17.1. The van der Waals surface area contributed by atoms with E-state index in [1.807, 2.05) is 121 Å². The Morgan fingerprint density at radius 3 is 0.867 bits per heavy atom. The highest BCUT2D eigenvalue weighted by Gasteiger charge is 2.18. The van der Waals surface area contributed by atoms with Gasteiger partial charge in [0, 0.05) is 46.6 Å². The lowest BCUT2D eigenvalue weighted by atomic mass is 9.97. The molecule has 0 aromatic heterocycles. The number of hydrogen-bond acceptors (Lipinski definition) is 18. The third-order valence-corrected chi connectivity index (χ3v) is 14.8. The van der Waals surface area contributed by atoms with E-state index in [0.717, 1.165) is 73.0 Å². The van der Waals surface area contributed by atoms with Gasteiger partial charge in [-0.3, -0.25) is 5.26 Å². The van der Waals surface area contributed by atoms with Crippen molar-refractivity contribution in [1.82, 2.24) is 0 Å². The number of carbonyl (C=O) groups is 8. The second-order valence-corrected chi connectivity index (χ2v) is 23.1. The molecule has 0 saturated heterocycles. The van der Waals surface area contributed by atoms with Gasteiger partial charge in [-0.2, -0.15) is 0 Å². The van der Waals surface area contributed by atoms with Crippen molar-refractivity contribution in [2.24, 2.45) is 0 Å². The first-order chi connectivity index (χ1) is 50.4. The summed E-state index contributed by atoms with van der Waals surface area (Å²) in [6.45, 7) is 27.3. The molecule has 18 nitrogen and oxygen atoms in total. The van der Waals surface area contributed by atoms with Gasteiger partial charge in [-0.05, 0) is 209 Å². The minimum absolute atomic E-state index is 0.290. The molecular weight excluding hydrogens is 1330 g/mol. The predicted molar refractivity (Wildman–Crippen MR) is 401 cm³/mol. The van der Waals surface area contributed by atoms with Crippen LogP contribution in [-0.2, 0) is 43.2 Å². The molecule has 0 saturated carbocycles. The lowest BCUT2D eigenvalue weighted by Gasteiger charge is -2.15. The highest BCUT2D eigenvalue weighted by molar-refractivity contribution is 5.94. The predicted octanol–water partition coefficient (Wildman–Crippen LogP) is 18.1. The highest BCUT2D eigenvalue weighted by Crippen LogP contribution is 2.33. The van der Waals surface area contributed by atoms with Crippen molar-refractivity contribution in [2.45, 2.75) is 33.8 Å². The van der Waals surface area contributed by atoms with Crippen molar-refractivity contribution in [3.63, 3.8) is 0 Å². The Kier molecular flexibility index (Phi) is 27.4. The first kappa shape index (κ1) is 76.8. The Bertz CT molecular complexity index is 4950. The van der Waals surface area contributed by atoms with Crippen LogP contribution in [0, 0.1) is 0 Å². The van der Waals surface area contributed by atoms with E-state index >= 15 is 0 Å². The summed E-state index contributed by atoms with van der Waals surface area (Å²) in [6, 6.07) is 67.5. The maximum absolute atomic E-state index is 12.1. The van der Waals surface area contributed by atoms with Crippen LogP contribution in [0.25, 0.3) is 56.3 Å². The van der Waals surface area contributed by atoms with E-state index in [-0.39, 0.29) is 5.57 Å². The molecule has 0 aliphatic carbocycles. The Morgan fingerprint density at radius 2 is 0.533 bits per heavy atom. The average Bonchev–Trinajstić information content (AvgIpc) is 0.815. The molecule has 10 aromatic rings. The quantitative estimate of drug-likeness (QED) is 0.0194. The maximum Gasteiger partial charge on any atom is 0.338 e. The van der Waals surface area contributed by atoms with Gasteiger partial charge >= 0.3 is 47.8 Å². The number of carbonyl (C=O) groups excluding carboxylic acids is 8. The van der Waals surface area contributed by atoms with Crippen LogP contribution in [0.15, 0.2) is 317 Å². The van der Waals surface area contributed by atoms with Gasteiger partial charge in [-0.15, -0.1) is 0 Å². The summed E-state index contributed by atoms with van der Waals surface area (Å²) in [5, 5.41) is 11.5. The van der Waals surface area contributed by atoms with E-state index in [2.05, 4.69) is 45.5 Å². The molecule has 1 N–H and O–H groups in total. The monoisotopic (exact) mass is 1400 g/mol. The molecule has 0 radical (unpaired) electrons. The molecule has 0 amide bonds. The molecule has 105 heavy (non-hydrogen) atoms. The van der Waals surface area contributed by atoms with Gasteiger partial charge in [0.15, 0.2) is 0 Å². The van der Waals surface area contributed by atoms with E-state index in [1.54, 1.807) is 94.4 Å². The minimum atomic E-state index is -0.711. The summed E-state index contributed by atoms with van der Waals surface area (Å²) in [5.41, 5.74) is 10.2. The van der Waals surface area contributed by atoms with Crippen molar-refractivity contribution in [3.8, 4) is 79.4 Å².